The van der Waals surface area contributed by atoms with Crippen molar-refractivity contribution >= 4 is 23.0 Å². The number of carboxylic acids is 1. The summed E-state index contributed by atoms with van der Waals surface area (Å²) in [5.41, 5.74) is 0.547. The van der Waals surface area contributed by atoms with Crippen LogP contribution < -0.4 is 5.32 Å². The van der Waals surface area contributed by atoms with Crippen LogP contribution in [0.3, 0.4) is 0 Å². The highest BCUT2D eigenvalue weighted by atomic mass is 19.1. The van der Waals surface area contributed by atoms with Crippen LogP contribution in [0.5, 0.6) is 0 Å². The van der Waals surface area contributed by atoms with E-state index < -0.39 is 16.7 Å². The Hall–Kier alpha value is -2.96. The number of nitrogens with zero attached hydrogens (tertiary/aromatic N) is 1. The third kappa shape index (κ3) is 3.14. The fourth-order valence-electron chi connectivity index (χ4n) is 1.81. The minimum Gasteiger partial charge on any atom is -0.478 e. The minimum atomic E-state index is -1.22. The predicted octanol–water partition coefficient (Wildman–Crippen LogP) is 3.48. The van der Waals surface area contributed by atoms with E-state index in [1.165, 1.54) is 18.2 Å². The monoisotopic (exact) mass is 290 g/mol. The molecule has 0 aliphatic heterocycles. The van der Waals surface area contributed by atoms with Gasteiger partial charge >= 0.3 is 5.97 Å². The normalized spacial score (nSPS) is 10.2. The summed E-state index contributed by atoms with van der Waals surface area (Å²) in [6.45, 7) is 1.56. The van der Waals surface area contributed by atoms with Crippen LogP contribution in [0.25, 0.3) is 0 Å². The zero-order valence-corrected chi connectivity index (χ0v) is 11.0. The highest BCUT2D eigenvalue weighted by Gasteiger charge is 2.15. The van der Waals surface area contributed by atoms with Crippen molar-refractivity contribution in [3.8, 4) is 0 Å². The van der Waals surface area contributed by atoms with E-state index >= 15 is 0 Å². The summed E-state index contributed by atoms with van der Waals surface area (Å²) in [6.07, 6.45) is 0. The number of aryl methyl sites for hydroxylation is 1. The molecule has 0 amide bonds. The van der Waals surface area contributed by atoms with E-state index in [-0.39, 0.29) is 16.9 Å². The molecule has 0 saturated carbocycles. The molecule has 0 atom stereocenters. The summed E-state index contributed by atoms with van der Waals surface area (Å²) < 4.78 is 13.2. The standard InChI is InChI=1S/C14H11FN2O4/c1-8-6-9(2-5-12(8)15)16-13-7-10(17(20)21)3-4-11(13)14(18)19/h2-7,16H,1H3,(H,18,19). The molecule has 0 fully saturated rings. The maximum Gasteiger partial charge on any atom is 0.337 e. The zero-order chi connectivity index (χ0) is 15.6. The maximum atomic E-state index is 13.2. The Morgan fingerprint density at radius 2 is 2.00 bits per heavy atom. The number of nitro benzene ring substituents is 1. The van der Waals surface area contributed by atoms with E-state index in [4.69, 9.17) is 5.11 Å². The highest BCUT2D eigenvalue weighted by Crippen LogP contribution is 2.26. The molecule has 0 aromatic heterocycles. The molecule has 108 valence electrons. The van der Waals surface area contributed by atoms with Crippen LogP contribution in [0, 0.1) is 22.9 Å². The number of nitro groups is 1. The lowest BCUT2D eigenvalue weighted by Gasteiger charge is -2.10. The van der Waals surface area contributed by atoms with Crippen molar-refractivity contribution in [1.29, 1.82) is 0 Å². The number of hydrogen-bond donors (Lipinski definition) is 2. The summed E-state index contributed by atoms with van der Waals surface area (Å²) >= 11 is 0. The van der Waals surface area contributed by atoms with E-state index in [0.29, 0.717) is 11.3 Å². The number of hydrogen-bond acceptors (Lipinski definition) is 4. The second-order valence-electron chi connectivity index (χ2n) is 4.38. The van der Waals surface area contributed by atoms with Crippen molar-refractivity contribution in [3.05, 3.63) is 63.5 Å². The smallest absolute Gasteiger partial charge is 0.337 e. The van der Waals surface area contributed by atoms with E-state index in [9.17, 15) is 19.3 Å². The number of carboxylic acid groups (broad SMARTS) is 1. The van der Waals surface area contributed by atoms with Crippen molar-refractivity contribution in [2.75, 3.05) is 5.32 Å². The van der Waals surface area contributed by atoms with Crippen LogP contribution in [-0.4, -0.2) is 16.0 Å². The molecule has 0 aliphatic carbocycles. The number of aromatic carboxylic acids is 1. The van der Waals surface area contributed by atoms with Crippen molar-refractivity contribution in [2.24, 2.45) is 0 Å². The fourth-order valence-corrected chi connectivity index (χ4v) is 1.81. The average Bonchev–Trinajstić information content (AvgIpc) is 2.42. The molecule has 0 heterocycles. The predicted molar refractivity (Wildman–Crippen MR) is 74.5 cm³/mol. The van der Waals surface area contributed by atoms with Gasteiger partial charge in [-0.15, -0.1) is 0 Å². The van der Waals surface area contributed by atoms with Gasteiger partial charge in [0.05, 0.1) is 16.2 Å². The summed E-state index contributed by atoms with van der Waals surface area (Å²) in [6, 6.07) is 7.54. The SMILES string of the molecule is Cc1cc(Nc2cc([N+](=O)[O-])ccc2C(=O)O)ccc1F. The Labute approximate surface area is 119 Å². The van der Waals surface area contributed by atoms with Crippen LogP contribution in [-0.2, 0) is 0 Å². The van der Waals surface area contributed by atoms with Crippen molar-refractivity contribution < 1.29 is 19.2 Å². The molecule has 0 unspecified atom stereocenters. The van der Waals surface area contributed by atoms with Gasteiger partial charge in [-0.1, -0.05) is 0 Å². The van der Waals surface area contributed by atoms with E-state index in [1.54, 1.807) is 6.92 Å². The Morgan fingerprint density at radius 3 is 2.57 bits per heavy atom. The lowest BCUT2D eigenvalue weighted by Crippen LogP contribution is -2.04. The lowest BCUT2D eigenvalue weighted by atomic mass is 10.1. The number of halogens is 1. The van der Waals surface area contributed by atoms with Crippen LogP contribution in [0.15, 0.2) is 36.4 Å². The van der Waals surface area contributed by atoms with Gasteiger partial charge in [0, 0.05) is 17.8 Å². The third-order valence-electron chi connectivity index (χ3n) is 2.88. The van der Waals surface area contributed by atoms with Gasteiger partial charge < -0.3 is 10.4 Å². The summed E-state index contributed by atoms with van der Waals surface area (Å²) in [5.74, 6) is -1.61. The second-order valence-corrected chi connectivity index (χ2v) is 4.38. The number of nitrogens with one attached hydrogen (secondary N) is 1. The Bertz CT molecular complexity index is 731. The van der Waals surface area contributed by atoms with Gasteiger partial charge in [0.15, 0.2) is 0 Å². The molecule has 0 bridgehead atoms. The van der Waals surface area contributed by atoms with Gasteiger partial charge in [0.2, 0.25) is 0 Å². The van der Waals surface area contributed by atoms with Crippen molar-refractivity contribution in [1.82, 2.24) is 0 Å². The zero-order valence-electron chi connectivity index (χ0n) is 11.0. The average molecular weight is 290 g/mol. The van der Waals surface area contributed by atoms with Gasteiger partial charge in [-0.2, -0.15) is 0 Å². The number of rotatable bonds is 4. The first-order valence-corrected chi connectivity index (χ1v) is 5.93. The van der Waals surface area contributed by atoms with E-state index in [2.05, 4.69) is 5.32 Å². The molecule has 0 radical (unpaired) electrons. The van der Waals surface area contributed by atoms with Crippen molar-refractivity contribution in [2.45, 2.75) is 6.92 Å². The quantitative estimate of drug-likeness (QED) is 0.664. The molecule has 21 heavy (non-hydrogen) atoms. The molecule has 0 spiro atoms. The number of anilines is 2. The Kier molecular flexibility index (Phi) is 3.84. The van der Waals surface area contributed by atoms with Gasteiger partial charge in [-0.05, 0) is 36.8 Å². The summed E-state index contributed by atoms with van der Waals surface area (Å²) in [5, 5.41) is 22.6. The van der Waals surface area contributed by atoms with Gasteiger partial charge in [-0.3, -0.25) is 10.1 Å². The number of benzene rings is 2. The molecule has 2 rings (SSSR count). The van der Waals surface area contributed by atoms with E-state index in [1.807, 2.05) is 0 Å². The second kappa shape index (κ2) is 5.58. The topological polar surface area (TPSA) is 92.5 Å². The summed E-state index contributed by atoms with van der Waals surface area (Å²) in [7, 11) is 0. The highest BCUT2D eigenvalue weighted by molar-refractivity contribution is 5.95. The number of carbonyl (C=O) groups is 1. The molecule has 2 N–H and O–H groups in total. The van der Waals surface area contributed by atoms with E-state index in [0.717, 1.165) is 18.2 Å². The number of non-ortho nitro benzene ring substituents is 1. The van der Waals surface area contributed by atoms with Crippen LogP contribution in [0.2, 0.25) is 0 Å². The van der Waals surface area contributed by atoms with Crippen molar-refractivity contribution in [3.63, 3.8) is 0 Å². The van der Waals surface area contributed by atoms with Crippen LogP contribution in [0.4, 0.5) is 21.5 Å². The maximum absolute atomic E-state index is 13.2. The largest absolute Gasteiger partial charge is 0.478 e. The van der Waals surface area contributed by atoms with Gasteiger partial charge in [-0.25, -0.2) is 9.18 Å². The first kappa shape index (κ1) is 14.4. The molecule has 6 nitrogen and oxygen atoms in total. The van der Waals surface area contributed by atoms with Crippen LogP contribution >= 0.6 is 0 Å². The van der Waals surface area contributed by atoms with Gasteiger partial charge in [0.1, 0.15) is 5.82 Å². The first-order valence-electron chi connectivity index (χ1n) is 5.93. The summed E-state index contributed by atoms with van der Waals surface area (Å²) in [4.78, 5) is 21.3. The lowest BCUT2D eigenvalue weighted by molar-refractivity contribution is -0.384. The molecular weight excluding hydrogens is 279 g/mol. The van der Waals surface area contributed by atoms with Gasteiger partial charge in [0.25, 0.3) is 5.69 Å². The molecule has 7 heteroatoms. The first-order chi connectivity index (χ1) is 9.88. The molecule has 0 aliphatic rings. The van der Waals surface area contributed by atoms with Crippen LogP contribution in [0.1, 0.15) is 15.9 Å². The minimum absolute atomic E-state index is 0.0720. The third-order valence-corrected chi connectivity index (χ3v) is 2.88. The molecular formula is C14H11FN2O4. The molecule has 2 aromatic rings. The molecule has 2 aromatic carbocycles. The fraction of sp³-hybridized carbons (Fsp3) is 0.0714. The molecule has 0 saturated heterocycles. The Balaban J connectivity index is 2.45. The Morgan fingerprint density at radius 1 is 1.29 bits per heavy atom.